The minimum absolute atomic E-state index is 0.0539. The SMILES string of the molecule is CCC(C)c1cc(Cl)cc(Cl)c1OCC(=O)NCCCCCN. The number of unbranched alkanes of at least 4 members (excludes halogenated alkanes) is 2. The normalized spacial score (nSPS) is 12.0. The average Bonchev–Trinajstić information content (AvgIpc) is 2.52. The Labute approximate surface area is 148 Å². The summed E-state index contributed by atoms with van der Waals surface area (Å²) in [6.45, 7) is 5.42. The number of nitrogens with one attached hydrogen (secondary N) is 1. The standard InChI is InChI=1S/C17H26Cl2N2O2/c1-3-12(2)14-9-13(18)10-15(19)17(14)23-11-16(22)21-8-6-4-5-7-20/h9-10,12H,3-8,11,20H2,1-2H3,(H,21,22). The van der Waals surface area contributed by atoms with Crippen LogP contribution in [0.3, 0.4) is 0 Å². The van der Waals surface area contributed by atoms with Crippen molar-refractivity contribution in [3.63, 3.8) is 0 Å². The van der Waals surface area contributed by atoms with Gasteiger partial charge in [0.25, 0.3) is 5.91 Å². The van der Waals surface area contributed by atoms with E-state index in [2.05, 4.69) is 19.2 Å². The largest absolute Gasteiger partial charge is 0.482 e. The van der Waals surface area contributed by atoms with Gasteiger partial charge >= 0.3 is 0 Å². The molecule has 1 unspecified atom stereocenters. The summed E-state index contributed by atoms with van der Waals surface area (Å²) in [5.41, 5.74) is 6.36. The molecule has 130 valence electrons. The van der Waals surface area contributed by atoms with Gasteiger partial charge in [-0.1, -0.05) is 43.5 Å². The van der Waals surface area contributed by atoms with Gasteiger partial charge in [-0.3, -0.25) is 4.79 Å². The van der Waals surface area contributed by atoms with Crippen molar-refractivity contribution < 1.29 is 9.53 Å². The molecule has 0 spiro atoms. The summed E-state index contributed by atoms with van der Waals surface area (Å²) in [6.07, 6.45) is 3.84. The number of carbonyl (C=O) groups is 1. The Morgan fingerprint density at radius 3 is 2.70 bits per heavy atom. The third-order valence-corrected chi connectivity index (χ3v) is 4.23. The molecule has 6 heteroatoms. The molecule has 0 aromatic heterocycles. The molecule has 1 aromatic rings. The van der Waals surface area contributed by atoms with Gasteiger partial charge in [0.1, 0.15) is 5.75 Å². The summed E-state index contributed by atoms with van der Waals surface area (Å²) < 4.78 is 5.66. The van der Waals surface area contributed by atoms with Crippen molar-refractivity contribution in [3.05, 3.63) is 27.7 Å². The highest BCUT2D eigenvalue weighted by molar-refractivity contribution is 6.35. The first kappa shape index (κ1) is 20.1. The Bertz CT molecular complexity index is 510. The molecule has 4 nitrogen and oxygen atoms in total. The zero-order valence-electron chi connectivity index (χ0n) is 13.8. The van der Waals surface area contributed by atoms with Crippen LogP contribution in [-0.2, 0) is 4.79 Å². The second-order valence-electron chi connectivity index (χ2n) is 5.60. The lowest BCUT2D eigenvalue weighted by molar-refractivity contribution is -0.123. The zero-order valence-corrected chi connectivity index (χ0v) is 15.3. The number of nitrogens with two attached hydrogens (primary N) is 1. The fourth-order valence-electron chi connectivity index (χ4n) is 2.18. The van der Waals surface area contributed by atoms with Gasteiger partial charge in [-0.25, -0.2) is 0 Å². The minimum atomic E-state index is -0.154. The Morgan fingerprint density at radius 2 is 2.04 bits per heavy atom. The molecule has 0 heterocycles. The summed E-state index contributed by atoms with van der Waals surface area (Å²) in [7, 11) is 0. The molecule has 0 aliphatic carbocycles. The van der Waals surface area contributed by atoms with E-state index in [-0.39, 0.29) is 18.4 Å². The van der Waals surface area contributed by atoms with Gasteiger partial charge in [0, 0.05) is 11.6 Å². The molecule has 0 radical (unpaired) electrons. The minimum Gasteiger partial charge on any atom is -0.482 e. The molecule has 1 amide bonds. The first-order valence-electron chi connectivity index (χ1n) is 8.08. The van der Waals surface area contributed by atoms with E-state index in [1.807, 2.05) is 6.07 Å². The third-order valence-electron chi connectivity index (χ3n) is 3.73. The van der Waals surface area contributed by atoms with Crippen LogP contribution < -0.4 is 15.8 Å². The molecule has 1 atom stereocenters. The summed E-state index contributed by atoms with van der Waals surface area (Å²) in [5.74, 6) is 0.642. The third kappa shape index (κ3) is 6.98. The van der Waals surface area contributed by atoms with E-state index >= 15 is 0 Å². The van der Waals surface area contributed by atoms with Crippen molar-refractivity contribution in [2.24, 2.45) is 5.73 Å². The topological polar surface area (TPSA) is 64.3 Å². The van der Waals surface area contributed by atoms with E-state index in [1.54, 1.807) is 6.07 Å². The Balaban J connectivity index is 2.58. The van der Waals surface area contributed by atoms with Crippen molar-refractivity contribution >= 4 is 29.1 Å². The highest BCUT2D eigenvalue weighted by atomic mass is 35.5. The van der Waals surface area contributed by atoms with Crippen LogP contribution >= 0.6 is 23.2 Å². The summed E-state index contributed by atoms with van der Waals surface area (Å²) in [4.78, 5) is 11.8. The first-order chi connectivity index (χ1) is 11.0. The Hall–Kier alpha value is -0.970. The average molecular weight is 361 g/mol. The van der Waals surface area contributed by atoms with E-state index in [1.165, 1.54) is 0 Å². The van der Waals surface area contributed by atoms with Crippen LogP contribution in [0.15, 0.2) is 12.1 Å². The van der Waals surface area contributed by atoms with Gasteiger partial charge in [-0.05, 0) is 49.4 Å². The highest BCUT2D eigenvalue weighted by Gasteiger charge is 2.16. The molecular weight excluding hydrogens is 335 g/mol. The Kier molecular flexibility index (Phi) is 9.37. The lowest BCUT2D eigenvalue weighted by Crippen LogP contribution is -2.30. The van der Waals surface area contributed by atoms with Gasteiger partial charge in [0.2, 0.25) is 0 Å². The molecule has 0 fully saturated rings. The molecule has 0 saturated heterocycles. The van der Waals surface area contributed by atoms with Crippen LogP contribution in [0.2, 0.25) is 10.0 Å². The number of carbonyl (C=O) groups excluding carboxylic acids is 1. The number of amides is 1. The molecule has 23 heavy (non-hydrogen) atoms. The van der Waals surface area contributed by atoms with Crippen LogP contribution in [0.4, 0.5) is 0 Å². The van der Waals surface area contributed by atoms with E-state index in [4.69, 9.17) is 33.7 Å². The monoisotopic (exact) mass is 360 g/mol. The first-order valence-corrected chi connectivity index (χ1v) is 8.83. The van der Waals surface area contributed by atoms with Crippen LogP contribution in [-0.4, -0.2) is 25.6 Å². The van der Waals surface area contributed by atoms with E-state index < -0.39 is 0 Å². The second kappa shape index (κ2) is 10.7. The lowest BCUT2D eigenvalue weighted by atomic mass is 9.98. The van der Waals surface area contributed by atoms with Crippen LogP contribution in [0.5, 0.6) is 5.75 Å². The number of rotatable bonds is 10. The number of halogens is 2. The molecule has 0 saturated carbocycles. The lowest BCUT2D eigenvalue weighted by Gasteiger charge is -2.17. The van der Waals surface area contributed by atoms with Crippen LogP contribution in [0.25, 0.3) is 0 Å². The summed E-state index contributed by atoms with van der Waals surface area (Å²) >= 11 is 12.3. The maximum atomic E-state index is 11.8. The molecule has 1 aromatic carbocycles. The van der Waals surface area contributed by atoms with Crippen LogP contribution in [0, 0.1) is 0 Å². The van der Waals surface area contributed by atoms with Gasteiger partial charge in [-0.2, -0.15) is 0 Å². The molecule has 0 bridgehead atoms. The van der Waals surface area contributed by atoms with Gasteiger partial charge in [-0.15, -0.1) is 0 Å². The van der Waals surface area contributed by atoms with Crippen molar-refractivity contribution in [3.8, 4) is 5.75 Å². The van der Waals surface area contributed by atoms with Crippen molar-refractivity contribution in [1.82, 2.24) is 5.32 Å². The predicted octanol–water partition coefficient (Wildman–Crippen LogP) is 4.13. The van der Waals surface area contributed by atoms with Gasteiger partial charge in [0.15, 0.2) is 6.61 Å². The van der Waals surface area contributed by atoms with Crippen LogP contribution in [0.1, 0.15) is 51.0 Å². The number of benzene rings is 1. The summed E-state index contributed by atoms with van der Waals surface area (Å²) in [6, 6.07) is 3.48. The van der Waals surface area contributed by atoms with Crippen molar-refractivity contribution in [2.75, 3.05) is 19.7 Å². The summed E-state index contributed by atoms with van der Waals surface area (Å²) in [5, 5.41) is 3.84. The predicted molar refractivity (Wildman–Crippen MR) is 96.6 cm³/mol. The molecule has 0 aliphatic heterocycles. The molecule has 0 aliphatic rings. The van der Waals surface area contributed by atoms with Crippen molar-refractivity contribution in [1.29, 1.82) is 0 Å². The van der Waals surface area contributed by atoms with Crippen molar-refractivity contribution in [2.45, 2.75) is 45.4 Å². The smallest absolute Gasteiger partial charge is 0.257 e. The fourth-order valence-corrected chi connectivity index (χ4v) is 2.74. The quantitative estimate of drug-likeness (QED) is 0.616. The van der Waals surface area contributed by atoms with Gasteiger partial charge in [0.05, 0.1) is 5.02 Å². The maximum absolute atomic E-state index is 11.8. The molecule has 1 rings (SSSR count). The van der Waals surface area contributed by atoms with E-state index in [0.717, 1.165) is 31.2 Å². The number of hydrogen-bond donors (Lipinski definition) is 2. The number of hydrogen-bond acceptors (Lipinski definition) is 3. The number of ether oxygens (including phenoxy) is 1. The fraction of sp³-hybridized carbons (Fsp3) is 0.588. The molecule has 3 N–H and O–H groups in total. The Morgan fingerprint density at radius 1 is 1.30 bits per heavy atom. The van der Waals surface area contributed by atoms with Gasteiger partial charge < -0.3 is 15.8 Å². The second-order valence-corrected chi connectivity index (χ2v) is 6.45. The zero-order chi connectivity index (χ0) is 17.2. The molecular formula is C17H26Cl2N2O2. The highest BCUT2D eigenvalue weighted by Crippen LogP contribution is 2.37. The maximum Gasteiger partial charge on any atom is 0.257 e. The van der Waals surface area contributed by atoms with E-state index in [9.17, 15) is 4.79 Å². The van der Waals surface area contributed by atoms with E-state index in [0.29, 0.717) is 28.9 Å².